The number of aromatic nitrogens is 2. The summed E-state index contributed by atoms with van der Waals surface area (Å²) in [4.78, 5) is 6.17. The van der Waals surface area contributed by atoms with Crippen molar-refractivity contribution >= 4 is 89.3 Å². The van der Waals surface area contributed by atoms with Gasteiger partial charge in [0.2, 0.25) is 0 Å². The monoisotopic (exact) mass is 539 g/mol. The largest absolute Gasteiger partial charge is 0.279 e. The first-order valence-electron chi connectivity index (χ1n) is 9.11. The van der Waals surface area contributed by atoms with Gasteiger partial charge in [0.05, 0.1) is 21.9 Å². The lowest BCUT2D eigenvalue weighted by molar-refractivity contribution is 0.596. The van der Waals surface area contributed by atoms with E-state index >= 15 is 0 Å². The van der Waals surface area contributed by atoms with E-state index in [4.69, 9.17) is 34.8 Å². The van der Waals surface area contributed by atoms with E-state index in [0.717, 1.165) is 15.7 Å². The fourth-order valence-electron chi connectivity index (χ4n) is 3.22. The zero-order valence-corrected chi connectivity index (χ0v) is 20.6. The molecule has 1 N–H and O–H groups in total. The van der Waals surface area contributed by atoms with Crippen LogP contribution in [0, 0.1) is 0 Å². The van der Waals surface area contributed by atoms with E-state index in [1.165, 1.54) is 45.8 Å². The van der Waals surface area contributed by atoms with E-state index in [0.29, 0.717) is 19.9 Å². The molecule has 0 unspecified atom stereocenters. The summed E-state index contributed by atoms with van der Waals surface area (Å²) in [5, 5.41) is 4.73. The Hall–Kier alpha value is -1.94. The average molecular weight is 541 g/mol. The molecule has 0 aliphatic carbocycles. The van der Waals surface area contributed by atoms with Crippen molar-refractivity contribution < 1.29 is 8.42 Å². The highest BCUT2D eigenvalue weighted by Crippen LogP contribution is 2.41. The number of imidazole rings is 1. The van der Waals surface area contributed by atoms with Gasteiger partial charge in [0, 0.05) is 15.2 Å². The Balaban J connectivity index is 1.45. The van der Waals surface area contributed by atoms with Gasteiger partial charge in [0.1, 0.15) is 5.15 Å². The number of sulfonamides is 1. The van der Waals surface area contributed by atoms with E-state index in [1.807, 2.05) is 36.4 Å². The molecule has 0 aliphatic rings. The Morgan fingerprint density at radius 3 is 2.44 bits per heavy atom. The summed E-state index contributed by atoms with van der Waals surface area (Å²) in [7, 11) is -3.97. The maximum absolute atomic E-state index is 12.9. The molecule has 5 rings (SSSR count). The molecule has 0 spiro atoms. The molecule has 3 aromatic carbocycles. The van der Waals surface area contributed by atoms with Gasteiger partial charge in [-0.15, -0.1) is 11.3 Å². The zero-order chi connectivity index (χ0) is 22.5. The number of nitrogens with one attached hydrogen (secondary N) is 1. The lowest BCUT2D eigenvalue weighted by Gasteiger charge is -2.12. The Bertz CT molecular complexity index is 1570. The SMILES string of the molecule is O=S(=O)(Nc1cc(Cl)c(Sc2ccc3ccccc3c2)c(Cl)c1)c1cnc2scc(Cl)n12. The normalized spacial score (nSPS) is 12.0. The van der Waals surface area contributed by atoms with Crippen LogP contribution in [0.15, 0.2) is 81.0 Å². The maximum atomic E-state index is 12.9. The first-order chi connectivity index (χ1) is 15.3. The van der Waals surface area contributed by atoms with Crippen molar-refractivity contribution in [1.29, 1.82) is 0 Å². The van der Waals surface area contributed by atoms with Crippen molar-refractivity contribution in [2.24, 2.45) is 0 Å². The van der Waals surface area contributed by atoms with Crippen molar-refractivity contribution in [3.8, 4) is 0 Å². The third-order valence-corrected chi connectivity index (χ3v) is 9.18. The molecule has 0 saturated heterocycles. The van der Waals surface area contributed by atoms with Crippen LogP contribution in [0.25, 0.3) is 15.7 Å². The first-order valence-corrected chi connectivity index (χ1v) is 13.4. The summed E-state index contributed by atoms with van der Waals surface area (Å²) >= 11 is 21.7. The summed E-state index contributed by atoms with van der Waals surface area (Å²) in [5.41, 5.74) is 0.240. The molecule has 11 heteroatoms. The average Bonchev–Trinajstić information content (AvgIpc) is 3.34. The number of fused-ring (bicyclic) bond motifs is 2. The van der Waals surface area contributed by atoms with Crippen LogP contribution in [-0.4, -0.2) is 17.8 Å². The number of anilines is 1. The Labute approximate surface area is 207 Å². The second-order valence-electron chi connectivity index (χ2n) is 6.76. The van der Waals surface area contributed by atoms with Gasteiger partial charge in [-0.3, -0.25) is 9.12 Å². The summed E-state index contributed by atoms with van der Waals surface area (Å²) in [6, 6.07) is 17.2. The third-order valence-electron chi connectivity index (χ3n) is 4.64. The number of hydrogen-bond acceptors (Lipinski definition) is 5. The number of thiazole rings is 1. The van der Waals surface area contributed by atoms with Crippen LogP contribution in [0.2, 0.25) is 15.2 Å². The van der Waals surface area contributed by atoms with Gasteiger partial charge in [-0.2, -0.15) is 8.42 Å². The molecule has 0 aliphatic heterocycles. The van der Waals surface area contributed by atoms with E-state index in [2.05, 4.69) is 15.8 Å². The van der Waals surface area contributed by atoms with Crippen LogP contribution in [0.3, 0.4) is 0 Å². The summed E-state index contributed by atoms with van der Waals surface area (Å²) in [6.07, 6.45) is 1.26. The molecule has 162 valence electrons. The van der Waals surface area contributed by atoms with Crippen LogP contribution in [0.5, 0.6) is 0 Å². The van der Waals surface area contributed by atoms with Gasteiger partial charge >= 0.3 is 0 Å². The molecule has 0 amide bonds. The van der Waals surface area contributed by atoms with Gasteiger partial charge in [-0.1, -0.05) is 76.9 Å². The fourth-order valence-corrected chi connectivity index (χ4v) is 7.14. The predicted octanol–water partition coefficient (Wildman–Crippen LogP) is 7.46. The minimum Gasteiger partial charge on any atom is -0.278 e. The second-order valence-corrected chi connectivity index (χ2v) is 11.5. The lowest BCUT2D eigenvalue weighted by Crippen LogP contribution is -2.15. The highest BCUT2D eigenvalue weighted by atomic mass is 35.5. The molecule has 0 fully saturated rings. The molecule has 5 aromatic rings. The number of benzene rings is 3. The fraction of sp³-hybridized carbons (Fsp3) is 0. The van der Waals surface area contributed by atoms with Gasteiger partial charge < -0.3 is 0 Å². The maximum Gasteiger partial charge on any atom is 0.279 e. The number of nitrogens with zero attached hydrogens (tertiary/aromatic N) is 2. The smallest absolute Gasteiger partial charge is 0.278 e. The van der Waals surface area contributed by atoms with Gasteiger partial charge in [0.15, 0.2) is 9.99 Å². The zero-order valence-electron chi connectivity index (χ0n) is 15.9. The molecular weight excluding hydrogens is 529 g/mol. The highest BCUT2D eigenvalue weighted by Gasteiger charge is 2.23. The van der Waals surface area contributed by atoms with E-state index in [9.17, 15) is 8.42 Å². The van der Waals surface area contributed by atoms with Crippen molar-refractivity contribution in [2.45, 2.75) is 14.8 Å². The van der Waals surface area contributed by atoms with Crippen molar-refractivity contribution in [3.05, 3.63) is 81.4 Å². The summed E-state index contributed by atoms with van der Waals surface area (Å²) < 4.78 is 29.7. The van der Waals surface area contributed by atoms with Gasteiger partial charge in [-0.05, 0) is 35.0 Å². The topological polar surface area (TPSA) is 63.5 Å². The minimum absolute atomic E-state index is 0.0689. The Morgan fingerprint density at radius 1 is 0.969 bits per heavy atom. The number of hydrogen-bond donors (Lipinski definition) is 1. The highest BCUT2D eigenvalue weighted by molar-refractivity contribution is 7.99. The molecule has 0 atom stereocenters. The molecule has 5 nitrogen and oxygen atoms in total. The van der Waals surface area contributed by atoms with Crippen LogP contribution < -0.4 is 4.72 Å². The lowest BCUT2D eigenvalue weighted by atomic mass is 10.1. The molecule has 0 bridgehead atoms. The Kier molecular flexibility index (Phi) is 5.77. The van der Waals surface area contributed by atoms with E-state index in [1.54, 1.807) is 5.38 Å². The Morgan fingerprint density at radius 2 is 1.69 bits per heavy atom. The molecule has 0 radical (unpaired) electrons. The molecule has 2 aromatic heterocycles. The van der Waals surface area contributed by atoms with Crippen molar-refractivity contribution in [2.75, 3.05) is 4.72 Å². The van der Waals surface area contributed by atoms with E-state index < -0.39 is 10.0 Å². The van der Waals surface area contributed by atoms with Crippen LogP contribution in [0.1, 0.15) is 0 Å². The first kappa shape index (κ1) is 21.9. The van der Waals surface area contributed by atoms with Crippen molar-refractivity contribution in [1.82, 2.24) is 9.38 Å². The van der Waals surface area contributed by atoms with Crippen LogP contribution in [0.4, 0.5) is 5.69 Å². The van der Waals surface area contributed by atoms with Gasteiger partial charge in [-0.25, -0.2) is 4.98 Å². The predicted molar refractivity (Wildman–Crippen MR) is 133 cm³/mol. The summed E-state index contributed by atoms with van der Waals surface area (Å²) in [6.45, 7) is 0. The standard InChI is InChI=1S/C21H12Cl3N3O2S3/c22-16-8-14(26-32(28,29)19-10-25-21-27(19)18(24)11-30-21)9-17(23)20(16)31-15-6-5-12-3-1-2-4-13(12)7-15/h1-11,26H. The quantitative estimate of drug-likeness (QED) is 0.251. The van der Waals surface area contributed by atoms with Crippen molar-refractivity contribution in [3.63, 3.8) is 0 Å². The molecule has 2 heterocycles. The third kappa shape index (κ3) is 4.07. The van der Waals surface area contributed by atoms with Crippen LogP contribution >= 0.6 is 57.9 Å². The number of rotatable bonds is 5. The second kappa shape index (κ2) is 8.44. The summed E-state index contributed by atoms with van der Waals surface area (Å²) in [5.74, 6) is 0. The number of halogens is 3. The van der Waals surface area contributed by atoms with E-state index in [-0.39, 0.29) is 15.9 Å². The molecule has 0 saturated carbocycles. The molecule has 32 heavy (non-hydrogen) atoms. The minimum atomic E-state index is -3.97. The molecular formula is C21H12Cl3N3O2S3. The van der Waals surface area contributed by atoms with Crippen LogP contribution in [-0.2, 0) is 10.0 Å². The van der Waals surface area contributed by atoms with Gasteiger partial charge in [0.25, 0.3) is 10.0 Å².